The van der Waals surface area contributed by atoms with Crippen molar-refractivity contribution in [1.82, 2.24) is 9.97 Å². The van der Waals surface area contributed by atoms with Gasteiger partial charge < -0.3 is 10.1 Å². The van der Waals surface area contributed by atoms with Gasteiger partial charge in [-0.3, -0.25) is 0 Å². The van der Waals surface area contributed by atoms with Gasteiger partial charge in [0.2, 0.25) is 0 Å². The summed E-state index contributed by atoms with van der Waals surface area (Å²) in [6, 6.07) is 7.78. The van der Waals surface area contributed by atoms with Crippen LogP contribution in [0.3, 0.4) is 0 Å². The molecule has 0 spiro atoms. The molecule has 0 atom stereocenters. The summed E-state index contributed by atoms with van der Waals surface area (Å²) >= 11 is 3.47. The van der Waals surface area contributed by atoms with Gasteiger partial charge in [0.25, 0.3) is 0 Å². The highest BCUT2D eigenvalue weighted by Gasteiger charge is 2.03. The fraction of sp³-hybridized carbons (Fsp3) is 0.286. The van der Waals surface area contributed by atoms with Gasteiger partial charge in [-0.2, -0.15) is 0 Å². The molecule has 0 amide bonds. The molecule has 2 aromatic rings. The van der Waals surface area contributed by atoms with E-state index in [4.69, 9.17) is 4.74 Å². The van der Waals surface area contributed by atoms with Crippen LogP contribution >= 0.6 is 15.9 Å². The third-order valence-corrected chi connectivity index (χ3v) is 3.54. The molecule has 0 aliphatic heterocycles. The molecular weight excluding hydrogens is 306 g/mol. The van der Waals surface area contributed by atoms with E-state index in [0.29, 0.717) is 12.4 Å². The van der Waals surface area contributed by atoms with E-state index in [1.54, 1.807) is 0 Å². The number of halogens is 1. The molecule has 0 saturated heterocycles. The van der Waals surface area contributed by atoms with Crippen LogP contribution in [0.5, 0.6) is 5.75 Å². The zero-order chi connectivity index (χ0) is 13.8. The van der Waals surface area contributed by atoms with E-state index in [1.165, 1.54) is 0 Å². The molecule has 1 heterocycles. The Labute approximate surface area is 121 Å². The molecule has 2 rings (SSSR count). The second-order valence-electron chi connectivity index (χ2n) is 4.26. The minimum atomic E-state index is 0.359. The van der Waals surface area contributed by atoms with Crippen molar-refractivity contribution in [2.45, 2.75) is 20.5 Å². The first-order valence-corrected chi connectivity index (χ1v) is 6.79. The number of aryl methyl sites for hydroxylation is 2. The maximum atomic E-state index is 5.71. The van der Waals surface area contributed by atoms with Gasteiger partial charge in [-0.15, -0.1) is 0 Å². The molecule has 5 heteroatoms. The number of benzene rings is 1. The SMILES string of the molecule is CNc1cc(C)nc(COc2ccc(Br)c(C)c2)n1. The summed E-state index contributed by atoms with van der Waals surface area (Å²) in [7, 11) is 1.84. The van der Waals surface area contributed by atoms with E-state index in [-0.39, 0.29) is 0 Å². The summed E-state index contributed by atoms with van der Waals surface area (Å²) in [5.74, 6) is 2.29. The van der Waals surface area contributed by atoms with Crippen LogP contribution in [0.1, 0.15) is 17.1 Å². The molecule has 0 unspecified atom stereocenters. The Balaban J connectivity index is 2.09. The number of hydrogen-bond donors (Lipinski definition) is 1. The van der Waals surface area contributed by atoms with Crippen molar-refractivity contribution in [3.8, 4) is 5.75 Å². The third kappa shape index (κ3) is 3.67. The lowest BCUT2D eigenvalue weighted by atomic mass is 10.2. The van der Waals surface area contributed by atoms with Crippen molar-refractivity contribution < 1.29 is 4.74 Å². The summed E-state index contributed by atoms with van der Waals surface area (Å²) in [5, 5.41) is 3.01. The lowest BCUT2D eigenvalue weighted by Gasteiger charge is -2.08. The van der Waals surface area contributed by atoms with Crippen LogP contribution in [0.2, 0.25) is 0 Å². The van der Waals surface area contributed by atoms with Crippen LogP contribution in [-0.4, -0.2) is 17.0 Å². The Kier molecular flexibility index (Phi) is 4.37. The van der Waals surface area contributed by atoms with Crippen molar-refractivity contribution in [2.75, 3.05) is 12.4 Å². The number of ether oxygens (including phenoxy) is 1. The zero-order valence-corrected chi connectivity index (χ0v) is 12.8. The largest absolute Gasteiger partial charge is 0.486 e. The van der Waals surface area contributed by atoms with Crippen LogP contribution in [0.25, 0.3) is 0 Å². The molecule has 100 valence electrons. The van der Waals surface area contributed by atoms with Crippen LogP contribution in [0, 0.1) is 13.8 Å². The number of aromatic nitrogens is 2. The number of anilines is 1. The quantitative estimate of drug-likeness (QED) is 0.936. The first-order valence-electron chi connectivity index (χ1n) is 6.00. The molecule has 1 aromatic carbocycles. The summed E-state index contributed by atoms with van der Waals surface area (Å²) in [6.45, 7) is 4.33. The average Bonchev–Trinajstić information content (AvgIpc) is 2.39. The highest BCUT2D eigenvalue weighted by atomic mass is 79.9. The number of nitrogens with zero attached hydrogens (tertiary/aromatic N) is 2. The van der Waals surface area contributed by atoms with E-state index >= 15 is 0 Å². The van der Waals surface area contributed by atoms with Gasteiger partial charge in [-0.05, 0) is 37.6 Å². The van der Waals surface area contributed by atoms with Gasteiger partial charge in [0.05, 0.1) is 0 Å². The fourth-order valence-corrected chi connectivity index (χ4v) is 1.92. The highest BCUT2D eigenvalue weighted by Crippen LogP contribution is 2.22. The molecule has 0 fully saturated rings. The van der Waals surface area contributed by atoms with Crippen LogP contribution < -0.4 is 10.1 Å². The highest BCUT2D eigenvalue weighted by molar-refractivity contribution is 9.10. The van der Waals surface area contributed by atoms with Gasteiger partial charge in [-0.1, -0.05) is 15.9 Å². The Hall–Kier alpha value is -1.62. The van der Waals surface area contributed by atoms with Gasteiger partial charge in [0, 0.05) is 23.3 Å². The smallest absolute Gasteiger partial charge is 0.168 e. The summed E-state index contributed by atoms with van der Waals surface area (Å²) in [5.41, 5.74) is 2.06. The molecule has 1 N–H and O–H groups in total. The lowest BCUT2D eigenvalue weighted by molar-refractivity contribution is 0.295. The monoisotopic (exact) mass is 321 g/mol. The maximum absolute atomic E-state index is 5.71. The van der Waals surface area contributed by atoms with Gasteiger partial charge in [0.1, 0.15) is 18.2 Å². The fourth-order valence-electron chi connectivity index (χ4n) is 1.68. The molecular formula is C14H16BrN3O. The standard InChI is InChI=1S/C14H16BrN3O/c1-9-6-11(4-5-12(9)15)19-8-14-17-10(2)7-13(16-3)18-14/h4-7H,8H2,1-3H3,(H,16,17,18). The molecule has 0 aliphatic rings. The van der Waals surface area contributed by atoms with E-state index in [9.17, 15) is 0 Å². The predicted octanol–water partition coefficient (Wildman–Crippen LogP) is 3.48. The predicted molar refractivity (Wildman–Crippen MR) is 79.5 cm³/mol. The molecule has 4 nitrogen and oxygen atoms in total. The van der Waals surface area contributed by atoms with Crippen molar-refractivity contribution in [2.24, 2.45) is 0 Å². The maximum Gasteiger partial charge on any atom is 0.168 e. The van der Waals surface area contributed by atoms with E-state index in [1.807, 2.05) is 45.2 Å². The van der Waals surface area contributed by atoms with Gasteiger partial charge >= 0.3 is 0 Å². The summed E-state index contributed by atoms with van der Waals surface area (Å²) in [6.07, 6.45) is 0. The first kappa shape index (κ1) is 13.8. The van der Waals surface area contributed by atoms with Gasteiger partial charge in [0.15, 0.2) is 5.82 Å². The lowest BCUT2D eigenvalue weighted by Crippen LogP contribution is -2.05. The Morgan fingerprint density at radius 3 is 2.68 bits per heavy atom. The normalized spacial score (nSPS) is 10.3. The molecule has 0 radical (unpaired) electrons. The van der Waals surface area contributed by atoms with E-state index < -0.39 is 0 Å². The van der Waals surface area contributed by atoms with Crippen molar-refractivity contribution >= 4 is 21.7 Å². The van der Waals surface area contributed by atoms with Crippen molar-refractivity contribution in [3.05, 3.63) is 45.8 Å². The van der Waals surface area contributed by atoms with Crippen LogP contribution in [-0.2, 0) is 6.61 Å². The topological polar surface area (TPSA) is 47.0 Å². The molecule has 0 saturated carbocycles. The van der Waals surface area contributed by atoms with E-state index in [2.05, 4.69) is 31.2 Å². The molecule has 1 aromatic heterocycles. The van der Waals surface area contributed by atoms with Crippen molar-refractivity contribution in [3.63, 3.8) is 0 Å². The molecule has 0 aliphatic carbocycles. The van der Waals surface area contributed by atoms with Crippen molar-refractivity contribution in [1.29, 1.82) is 0 Å². The second-order valence-corrected chi connectivity index (χ2v) is 5.11. The van der Waals surface area contributed by atoms with E-state index in [0.717, 1.165) is 27.3 Å². The molecule has 0 bridgehead atoms. The number of hydrogen-bond acceptors (Lipinski definition) is 4. The zero-order valence-electron chi connectivity index (χ0n) is 11.2. The summed E-state index contributed by atoms with van der Waals surface area (Å²) < 4.78 is 6.78. The first-order chi connectivity index (χ1) is 9.08. The minimum Gasteiger partial charge on any atom is -0.486 e. The Morgan fingerprint density at radius 1 is 1.21 bits per heavy atom. The van der Waals surface area contributed by atoms with Crippen LogP contribution in [0.15, 0.2) is 28.7 Å². The molecule has 19 heavy (non-hydrogen) atoms. The minimum absolute atomic E-state index is 0.359. The average molecular weight is 322 g/mol. The third-order valence-electron chi connectivity index (χ3n) is 2.65. The Morgan fingerprint density at radius 2 is 2.00 bits per heavy atom. The number of nitrogens with one attached hydrogen (secondary N) is 1. The van der Waals surface area contributed by atoms with Crippen LogP contribution in [0.4, 0.5) is 5.82 Å². The Bertz CT molecular complexity index is 587. The second kappa shape index (κ2) is 6.02. The summed E-state index contributed by atoms with van der Waals surface area (Å²) in [4.78, 5) is 8.70. The van der Waals surface area contributed by atoms with Gasteiger partial charge in [-0.25, -0.2) is 9.97 Å². The number of rotatable bonds is 4.